The molecule has 2 heterocycles. The van der Waals surface area contributed by atoms with Crippen LogP contribution in [-0.4, -0.2) is 43.7 Å². The van der Waals surface area contributed by atoms with Gasteiger partial charge in [0.1, 0.15) is 0 Å². The lowest BCUT2D eigenvalue weighted by Gasteiger charge is -2.32. The summed E-state index contributed by atoms with van der Waals surface area (Å²) in [6.45, 7) is 3.18. The van der Waals surface area contributed by atoms with Crippen LogP contribution in [0.5, 0.6) is 0 Å². The second-order valence-corrected chi connectivity index (χ2v) is 10.6. The van der Waals surface area contributed by atoms with Crippen LogP contribution in [0.2, 0.25) is 4.34 Å². The first-order valence-electron chi connectivity index (χ1n) is 8.83. The average Bonchev–Trinajstić information content (AvgIpc) is 3.06. The molecule has 0 saturated carbocycles. The molecule has 1 saturated heterocycles. The van der Waals surface area contributed by atoms with Crippen molar-refractivity contribution in [2.75, 3.05) is 20.1 Å². The molecule has 0 unspecified atom stereocenters. The summed E-state index contributed by atoms with van der Waals surface area (Å²) in [6, 6.07) is 10.6. The summed E-state index contributed by atoms with van der Waals surface area (Å²) in [7, 11) is -1.72. The number of hydrogen-bond donors (Lipinski definition) is 0. The minimum absolute atomic E-state index is 0.0620. The molecular weight excluding hydrogens is 404 g/mol. The summed E-state index contributed by atoms with van der Waals surface area (Å²) in [5.41, 5.74) is 1.02. The number of aryl methyl sites for hydroxylation is 1. The van der Waals surface area contributed by atoms with Gasteiger partial charge in [-0.25, -0.2) is 8.42 Å². The fourth-order valence-electron chi connectivity index (χ4n) is 3.26. The molecule has 2 aromatic rings. The molecular formula is C19H23ClN2O3S2. The summed E-state index contributed by atoms with van der Waals surface area (Å²) in [6.07, 6.45) is 1.08. The van der Waals surface area contributed by atoms with E-state index in [9.17, 15) is 13.2 Å². The Morgan fingerprint density at radius 2 is 1.81 bits per heavy atom. The zero-order chi connectivity index (χ0) is 19.6. The van der Waals surface area contributed by atoms with Crippen molar-refractivity contribution in [2.24, 2.45) is 5.92 Å². The predicted molar refractivity (Wildman–Crippen MR) is 108 cm³/mol. The number of sulfonamides is 1. The highest BCUT2D eigenvalue weighted by atomic mass is 35.5. The second kappa shape index (κ2) is 8.31. The molecule has 0 radical (unpaired) electrons. The van der Waals surface area contributed by atoms with E-state index in [2.05, 4.69) is 0 Å². The van der Waals surface area contributed by atoms with E-state index < -0.39 is 10.0 Å². The lowest BCUT2D eigenvalue weighted by atomic mass is 9.96. The lowest BCUT2D eigenvalue weighted by molar-refractivity contribution is -0.135. The third-order valence-corrected chi connectivity index (χ3v) is 7.99. The molecule has 1 aromatic carbocycles. The van der Waals surface area contributed by atoms with Gasteiger partial charge in [0.2, 0.25) is 15.9 Å². The van der Waals surface area contributed by atoms with Crippen molar-refractivity contribution >= 4 is 38.9 Å². The first kappa shape index (κ1) is 20.3. The Balaban J connectivity index is 1.59. The van der Waals surface area contributed by atoms with Crippen LogP contribution in [-0.2, 0) is 21.4 Å². The standard InChI is InChI=1S/C19H23ClN2O3S2/c1-14-3-6-17(7-4-14)27(24,25)22-11-9-15(10-12-22)19(23)21(2)13-16-5-8-18(20)26-16/h3-8,15H,9-13H2,1-2H3. The first-order valence-corrected chi connectivity index (χ1v) is 11.5. The molecule has 5 nitrogen and oxygen atoms in total. The molecule has 0 atom stereocenters. The van der Waals surface area contributed by atoms with Gasteiger partial charge in [0.05, 0.1) is 15.8 Å². The molecule has 1 amide bonds. The van der Waals surface area contributed by atoms with Crippen LogP contribution in [0.4, 0.5) is 0 Å². The zero-order valence-electron chi connectivity index (χ0n) is 15.4. The number of halogens is 1. The van der Waals surface area contributed by atoms with Crippen LogP contribution in [0.15, 0.2) is 41.3 Å². The molecule has 0 aliphatic carbocycles. The number of carbonyl (C=O) groups is 1. The molecule has 0 N–H and O–H groups in total. The van der Waals surface area contributed by atoms with Gasteiger partial charge < -0.3 is 4.90 Å². The van der Waals surface area contributed by atoms with Crippen LogP contribution in [0.25, 0.3) is 0 Å². The van der Waals surface area contributed by atoms with Gasteiger partial charge in [-0.3, -0.25) is 4.79 Å². The summed E-state index contributed by atoms with van der Waals surface area (Å²) >= 11 is 7.41. The molecule has 0 bridgehead atoms. The van der Waals surface area contributed by atoms with E-state index in [-0.39, 0.29) is 11.8 Å². The Bertz CT molecular complexity index is 901. The predicted octanol–water partition coefficient (Wildman–Crippen LogP) is 3.77. The third-order valence-electron chi connectivity index (χ3n) is 4.86. The number of benzene rings is 1. The number of rotatable bonds is 5. The monoisotopic (exact) mass is 426 g/mol. The lowest BCUT2D eigenvalue weighted by Crippen LogP contribution is -2.43. The molecule has 1 fully saturated rings. The molecule has 1 aromatic heterocycles. The number of nitrogens with zero attached hydrogens (tertiary/aromatic N) is 2. The number of thiophene rings is 1. The normalized spacial score (nSPS) is 16.4. The molecule has 1 aliphatic rings. The van der Waals surface area contributed by atoms with Crippen molar-refractivity contribution in [3.63, 3.8) is 0 Å². The largest absolute Gasteiger partial charge is 0.340 e. The zero-order valence-corrected chi connectivity index (χ0v) is 17.8. The van der Waals surface area contributed by atoms with Gasteiger partial charge in [-0.05, 0) is 44.0 Å². The Hall–Kier alpha value is -1.41. The van der Waals surface area contributed by atoms with Gasteiger partial charge in [0.15, 0.2) is 0 Å². The number of amides is 1. The molecule has 27 heavy (non-hydrogen) atoms. The second-order valence-electron chi connectivity index (χ2n) is 6.89. The molecule has 146 valence electrons. The third kappa shape index (κ3) is 4.71. The molecule has 3 rings (SSSR count). The van der Waals surface area contributed by atoms with Gasteiger partial charge in [-0.1, -0.05) is 29.3 Å². The highest BCUT2D eigenvalue weighted by molar-refractivity contribution is 7.89. The van der Waals surface area contributed by atoms with E-state index in [4.69, 9.17) is 11.6 Å². The van der Waals surface area contributed by atoms with Gasteiger partial charge in [0, 0.05) is 30.9 Å². The topological polar surface area (TPSA) is 57.7 Å². The van der Waals surface area contributed by atoms with Crippen molar-refractivity contribution in [3.8, 4) is 0 Å². The highest BCUT2D eigenvalue weighted by Gasteiger charge is 2.33. The van der Waals surface area contributed by atoms with Crippen molar-refractivity contribution in [1.29, 1.82) is 0 Å². The smallest absolute Gasteiger partial charge is 0.243 e. The Kier molecular flexibility index (Phi) is 6.25. The summed E-state index contributed by atoms with van der Waals surface area (Å²) < 4.78 is 27.7. The van der Waals surface area contributed by atoms with Crippen LogP contribution in [0, 0.1) is 12.8 Å². The van der Waals surface area contributed by atoms with E-state index in [1.165, 1.54) is 15.6 Å². The van der Waals surface area contributed by atoms with Crippen molar-refractivity contribution < 1.29 is 13.2 Å². The number of piperidine rings is 1. The maximum absolute atomic E-state index is 12.8. The Labute approximate surface area is 169 Å². The maximum Gasteiger partial charge on any atom is 0.243 e. The van der Waals surface area contributed by atoms with Crippen LogP contribution in [0.1, 0.15) is 23.3 Å². The minimum atomic E-state index is -3.50. The van der Waals surface area contributed by atoms with Gasteiger partial charge in [-0.2, -0.15) is 4.31 Å². The SMILES string of the molecule is Cc1ccc(S(=O)(=O)N2CCC(C(=O)N(C)Cc3ccc(Cl)s3)CC2)cc1. The Morgan fingerprint density at radius 1 is 1.19 bits per heavy atom. The Morgan fingerprint density at radius 3 is 2.37 bits per heavy atom. The molecule has 0 spiro atoms. The molecule has 8 heteroatoms. The van der Waals surface area contributed by atoms with Crippen molar-refractivity contribution in [2.45, 2.75) is 31.2 Å². The van der Waals surface area contributed by atoms with E-state index in [0.29, 0.717) is 41.7 Å². The van der Waals surface area contributed by atoms with Gasteiger partial charge in [0.25, 0.3) is 0 Å². The van der Waals surface area contributed by atoms with E-state index in [1.807, 2.05) is 19.1 Å². The number of carbonyl (C=O) groups excluding carboxylic acids is 1. The van der Waals surface area contributed by atoms with Crippen molar-refractivity contribution in [3.05, 3.63) is 51.2 Å². The highest BCUT2D eigenvalue weighted by Crippen LogP contribution is 2.27. The maximum atomic E-state index is 12.8. The van der Waals surface area contributed by atoms with E-state index >= 15 is 0 Å². The summed E-state index contributed by atoms with van der Waals surface area (Å²) in [4.78, 5) is 15.8. The summed E-state index contributed by atoms with van der Waals surface area (Å²) in [5.74, 6) is -0.0817. The van der Waals surface area contributed by atoms with Crippen LogP contribution in [0.3, 0.4) is 0 Å². The number of hydrogen-bond acceptors (Lipinski definition) is 4. The van der Waals surface area contributed by atoms with Crippen LogP contribution >= 0.6 is 22.9 Å². The summed E-state index contributed by atoms with van der Waals surface area (Å²) in [5, 5.41) is 0. The fraction of sp³-hybridized carbons (Fsp3) is 0.421. The van der Waals surface area contributed by atoms with Crippen LogP contribution < -0.4 is 0 Å². The average molecular weight is 427 g/mol. The quantitative estimate of drug-likeness (QED) is 0.731. The molecule has 1 aliphatic heterocycles. The van der Waals surface area contributed by atoms with E-state index in [0.717, 1.165) is 10.4 Å². The van der Waals surface area contributed by atoms with Gasteiger partial charge in [-0.15, -0.1) is 11.3 Å². The fourth-order valence-corrected chi connectivity index (χ4v) is 5.87. The van der Waals surface area contributed by atoms with Gasteiger partial charge >= 0.3 is 0 Å². The van der Waals surface area contributed by atoms with Crippen molar-refractivity contribution in [1.82, 2.24) is 9.21 Å². The minimum Gasteiger partial charge on any atom is -0.340 e. The first-order chi connectivity index (χ1) is 12.8. The van der Waals surface area contributed by atoms with E-state index in [1.54, 1.807) is 36.2 Å².